The van der Waals surface area contributed by atoms with Gasteiger partial charge in [0.1, 0.15) is 6.07 Å². The molecule has 19 heavy (non-hydrogen) atoms. The fourth-order valence-electron chi connectivity index (χ4n) is 2.37. The van der Waals surface area contributed by atoms with E-state index in [0.717, 1.165) is 6.42 Å². The van der Waals surface area contributed by atoms with Crippen molar-refractivity contribution in [3.8, 4) is 18.0 Å². The van der Waals surface area contributed by atoms with E-state index in [1.54, 1.807) is 18.2 Å². The highest BCUT2D eigenvalue weighted by Crippen LogP contribution is 2.37. The SMILES string of the molecule is N#CC1(c2ccc3c(O)nc(O)nc3c2)CCCO1. The smallest absolute Gasteiger partial charge is 0.317 e. The van der Waals surface area contributed by atoms with Gasteiger partial charge in [0, 0.05) is 12.2 Å². The Morgan fingerprint density at radius 1 is 1.32 bits per heavy atom. The standard InChI is InChI=1S/C13H11N3O3/c14-7-13(4-1-5-19-13)8-2-3-9-10(6-8)15-12(18)16-11(9)17/h2-3,6H,1,4-5H2,(H2,15,16,17,18). The molecule has 3 rings (SSSR count). The summed E-state index contributed by atoms with van der Waals surface area (Å²) in [6.45, 7) is 0.547. The molecule has 1 unspecified atom stereocenters. The van der Waals surface area contributed by atoms with Gasteiger partial charge in [-0.25, -0.2) is 0 Å². The Morgan fingerprint density at radius 3 is 2.84 bits per heavy atom. The lowest BCUT2D eigenvalue weighted by atomic mass is 9.91. The number of rotatable bonds is 1. The minimum atomic E-state index is -0.954. The molecular formula is C13H11N3O3. The monoisotopic (exact) mass is 257 g/mol. The van der Waals surface area contributed by atoms with Crippen LogP contribution in [0, 0.1) is 11.3 Å². The largest absolute Gasteiger partial charge is 0.493 e. The molecule has 0 bridgehead atoms. The first kappa shape index (κ1) is 11.7. The van der Waals surface area contributed by atoms with Gasteiger partial charge >= 0.3 is 6.01 Å². The van der Waals surface area contributed by atoms with Gasteiger partial charge in [-0.15, -0.1) is 0 Å². The van der Waals surface area contributed by atoms with Crippen molar-refractivity contribution in [3.05, 3.63) is 23.8 Å². The topological polar surface area (TPSA) is 99.3 Å². The van der Waals surface area contributed by atoms with Crippen molar-refractivity contribution in [2.75, 3.05) is 6.61 Å². The third kappa shape index (κ3) is 1.75. The molecule has 0 spiro atoms. The molecule has 1 saturated heterocycles. The molecule has 6 heteroatoms. The molecule has 0 aliphatic carbocycles. The van der Waals surface area contributed by atoms with Crippen LogP contribution >= 0.6 is 0 Å². The summed E-state index contributed by atoms with van der Waals surface area (Å²) in [5.74, 6) is -0.285. The average molecular weight is 257 g/mol. The fraction of sp³-hybridized carbons (Fsp3) is 0.308. The van der Waals surface area contributed by atoms with Crippen LogP contribution < -0.4 is 0 Å². The van der Waals surface area contributed by atoms with Gasteiger partial charge in [-0.1, -0.05) is 6.07 Å². The Hall–Kier alpha value is -2.39. The summed E-state index contributed by atoms with van der Waals surface area (Å²) in [7, 11) is 0. The van der Waals surface area contributed by atoms with E-state index in [4.69, 9.17) is 4.74 Å². The first-order valence-electron chi connectivity index (χ1n) is 5.90. The minimum Gasteiger partial charge on any atom is -0.493 e. The van der Waals surface area contributed by atoms with Crippen LogP contribution in [0.3, 0.4) is 0 Å². The number of fused-ring (bicyclic) bond motifs is 1. The van der Waals surface area contributed by atoms with Crippen molar-refractivity contribution < 1.29 is 14.9 Å². The molecule has 96 valence electrons. The van der Waals surface area contributed by atoms with Crippen molar-refractivity contribution >= 4 is 10.9 Å². The van der Waals surface area contributed by atoms with E-state index in [1.165, 1.54) is 0 Å². The molecule has 2 N–H and O–H groups in total. The Bertz CT molecular complexity index is 687. The van der Waals surface area contributed by atoms with Crippen LogP contribution in [0.25, 0.3) is 10.9 Å². The molecule has 1 aromatic carbocycles. The van der Waals surface area contributed by atoms with Gasteiger partial charge in [-0.05, 0) is 25.0 Å². The number of nitriles is 1. The van der Waals surface area contributed by atoms with Crippen LogP contribution in [0.1, 0.15) is 18.4 Å². The number of ether oxygens (including phenoxy) is 1. The van der Waals surface area contributed by atoms with Crippen LogP contribution in [0.15, 0.2) is 18.2 Å². The summed E-state index contributed by atoms with van der Waals surface area (Å²) in [6, 6.07) is 6.69. The molecule has 2 heterocycles. The number of hydrogen-bond acceptors (Lipinski definition) is 6. The van der Waals surface area contributed by atoms with Crippen LogP contribution in [-0.2, 0) is 10.3 Å². The van der Waals surface area contributed by atoms with E-state index < -0.39 is 11.6 Å². The number of nitrogens with zero attached hydrogens (tertiary/aromatic N) is 3. The molecule has 1 atom stereocenters. The van der Waals surface area contributed by atoms with Crippen LogP contribution in [-0.4, -0.2) is 26.8 Å². The highest BCUT2D eigenvalue weighted by Gasteiger charge is 2.37. The van der Waals surface area contributed by atoms with Crippen LogP contribution in [0.2, 0.25) is 0 Å². The van der Waals surface area contributed by atoms with Gasteiger partial charge in [0.05, 0.1) is 10.9 Å². The zero-order chi connectivity index (χ0) is 13.5. The summed E-state index contributed by atoms with van der Waals surface area (Å²) in [6.07, 6.45) is 1.45. The highest BCUT2D eigenvalue weighted by molar-refractivity contribution is 5.84. The van der Waals surface area contributed by atoms with Gasteiger partial charge in [0.15, 0.2) is 5.60 Å². The second-order valence-corrected chi connectivity index (χ2v) is 4.47. The van der Waals surface area contributed by atoms with Crippen molar-refractivity contribution in [2.24, 2.45) is 0 Å². The molecule has 0 saturated carbocycles. The first-order valence-corrected chi connectivity index (χ1v) is 5.90. The molecular weight excluding hydrogens is 246 g/mol. The van der Waals surface area contributed by atoms with E-state index in [9.17, 15) is 15.5 Å². The predicted octanol–water partition coefficient (Wildman–Crippen LogP) is 1.57. The molecule has 1 aromatic heterocycles. The van der Waals surface area contributed by atoms with E-state index in [-0.39, 0.29) is 5.88 Å². The molecule has 0 amide bonds. The zero-order valence-corrected chi connectivity index (χ0v) is 10.00. The van der Waals surface area contributed by atoms with Crippen LogP contribution in [0.5, 0.6) is 11.9 Å². The second-order valence-electron chi connectivity index (χ2n) is 4.47. The quantitative estimate of drug-likeness (QED) is 0.804. The van der Waals surface area contributed by atoms with Crippen molar-refractivity contribution in [2.45, 2.75) is 18.4 Å². The van der Waals surface area contributed by atoms with E-state index in [0.29, 0.717) is 29.5 Å². The molecule has 1 aliphatic heterocycles. The van der Waals surface area contributed by atoms with Crippen molar-refractivity contribution in [1.82, 2.24) is 9.97 Å². The summed E-state index contributed by atoms with van der Waals surface area (Å²) in [4.78, 5) is 7.32. The molecule has 0 radical (unpaired) electrons. The Balaban J connectivity index is 2.19. The van der Waals surface area contributed by atoms with Gasteiger partial charge in [-0.3, -0.25) is 0 Å². The molecule has 1 aliphatic rings. The Labute approximate surface area is 108 Å². The first-order chi connectivity index (χ1) is 9.14. The molecule has 6 nitrogen and oxygen atoms in total. The van der Waals surface area contributed by atoms with Crippen molar-refractivity contribution in [1.29, 1.82) is 5.26 Å². The van der Waals surface area contributed by atoms with E-state index in [1.807, 2.05) is 0 Å². The normalized spacial score (nSPS) is 22.5. The molecule has 2 aromatic rings. The fourth-order valence-corrected chi connectivity index (χ4v) is 2.37. The molecule has 1 fully saturated rings. The zero-order valence-electron chi connectivity index (χ0n) is 10.00. The Morgan fingerprint density at radius 2 is 2.16 bits per heavy atom. The van der Waals surface area contributed by atoms with Crippen molar-refractivity contribution in [3.63, 3.8) is 0 Å². The maximum Gasteiger partial charge on any atom is 0.317 e. The summed E-state index contributed by atoms with van der Waals surface area (Å²) < 4.78 is 5.56. The predicted molar refractivity (Wildman–Crippen MR) is 65.3 cm³/mol. The second kappa shape index (κ2) is 4.07. The van der Waals surface area contributed by atoms with Gasteiger partial charge in [0.2, 0.25) is 5.88 Å². The minimum absolute atomic E-state index is 0.285. The Kier molecular flexibility index (Phi) is 2.50. The lowest BCUT2D eigenvalue weighted by Crippen LogP contribution is -2.22. The summed E-state index contributed by atoms with van der Waals surface area (Å²) in [5, 5.41) is 28.7. The van der Waals surface area contributed by atoms with Gasteiger partial charge in [0.25, 0.3) is 0 Å². The maximum atomic E-state index is 9.62. The number of hydrogen-bond donors (Lipinski definition) is 2. The lowest BCUT2D eigenvalue weighted by Gasteiger charge is -2.20. The maximum absolute atomic E-state index is 9.62. The highest BCUT2D eigenvalue weighted by atomic mass is 16.5. The lowest BCUT2D eigenvalue weighted by molar-refractivity contribution is 0.0496. The van der Waals surface area contributed by atoms with E-state index >= 15 is 0 Å². The van der Waals surface area contributed by atoms with Crippen LogP contribution in [0.4, 0.5) is 0 Å². The van der Waals surface area contributed by atoms with Gasteiger partial charge in [-0.2, -0.15) is 15.2 Å². The number of aromatic nitrogens is 2. The number of aromatic hydroxyl groups is 2. The van der Waals surface area contributed by atoms with E-state index in [2.05, 4.69) is 16.0 Å². The summed E-state index contributed by atoms with van der Waals surface area (Å²) >= 11 is 0. The third-order valence-corrected chi connectivity index (χ3v) is 3.33. The van der Waals surface area contributed by atoms with Gasteiger partial charge < -0.3 is 14.9 Å². The number of benzene rings is 1. The summed E-state index contributed by atoms with van der Waals surface area (Å²) in [5.41, 5.74) is 0.106. The third-order valence-electron chi connectivity index (χ3n) is 3.33. The average Bonchev–Trinajstić information content (AvgIpc) is 2.87.